The second-order valence-electron chi connectivity index (χ2n) is 10.1. The first-order valence-electron chi connectivity index (χ1n) is 10.9. The summed E-state index contributed by atoms with van der Waals surface area (Å²) < 4.78 is 0. The van der Waals surface area contributed by atoms with Crippen molar-refractivity contribution in [2.24, 2.45) is 11.3 Å². The highest BCUT2D eigenvalue weighted by atomic mass is 32.2. The first-order valence-corrected chi connectivity index (χ1v) is 11.9. The number of likely N-dealkylation sites (tertiary alicyclic amines) is 1. The largest absolute Gasteiger partial charge is 0.342 e. The van der Waals surface area contributed by atoms with Gasteiger partial charge in [0.15, 0.2) is 0 Å². The molecular formula is C24H36N2O2S. The highest BCUT2D eigenvalue weighted by Crippen LogP contribution is 2.44. The Balaban J connectivity index is 1.60. The van der Waals surface area contributed by atoms with Crippen LogP contribution in [0, 0.1) is 18.3 Å². The number of piperidine rings is 1. The van der Waals surface area contributed by atoms with E-state index in [-0.39, 0.29) is 22.1 Å². The number of hydrogen-bond acceptors (Lipinski definition) is 3. The lowest BCUT2D eigenvalue weighted by molar-refractivity contribution is -0.133. The number of thioether (sulfide) groups is 1. The second kappa shape index (κ2) is 8.71. The summed E-state index contributed by atoms with van der Waals surface area (Å²) in [6.07, 6.45) is 3.43. The summed E-state index contributed by atoms with van der Waals surface area (Å²) in [6, 6.07) is 7.87. The molecular weight excluding hydrogens is 380 g/mol. The summed E-state index contributed by atoms with van der Waals surface area (Å²) in [7, 11) is 0. The molecule has 2 heterocycles. The summed E-state index contributed by atoms with van der Waals surface area (Å²) in [5.41, 5.74) is 2.19. The molecule has 0 aliphatic carbocycles. The van der Waals surface area contributed by atoms with Crippen molar-refractivity contribution >= 4 is 23.6 Å². The molecule has 29 heavy (non-hydrogen) atoms. The average molecular weight is 417 g/mol. The van der Waals surface area contributed by atoms with Crippen molar-refractivity contribution in [1.29, 1.82) is 0 Å². The third-order valence-corrected chi connectivity index (χ3v) is 7.66. The molecule has 1 aromatic carbocycles. The number of amides is 2. The zero-order valence-corrected chi connectivity index (χ0v) is 19.5. The maximum atomic E-state index is 13.2. The van der Waals surface area contributed by atoms with Crippen molar-refractivity contribution < 1.29 is 9.59 Å². The molecule has 2 fully saturated rings. The summed E-state index contributed by atoms with van der Waals surface area (Å²) >= 11 is 1.90. The second-order valence-corrected chi connectivity index (χ2v) is 11.5. The highest BCUT2D eigenvalue weighted by molar-refractivity contribution is 8.00. The van der Waals surface area contributed by atoms with Crippen LogP contribution in [0.25, 0.3) is 0 Å². The number of hydrogen-bond donors (Lipinski definition) is 0. The minimum Gasteiger partial charge on any atom is -0.342 e. The van der Waals surface area contributed by atoms with Crippen molar-refractivity contribution in [3.63, 3.8) is 0 Å². The number of carbonyl (C=O) groups excluding carboxylic acids is 2. The molecule has 1 atom stereocenters. The molecule has 0 radical (unpaired) electrons. The van der Waals surface area contributed by atoms with Crippen LogP contribution in [0.1, 0.15) is 69.3 Å². The molecule has 2 aliphatic rings. The maximum Gasteiger partial charge on any atom is 0.254 e. The van der Waals surface area contributed by atoms with E-state index in [4.69, 9.17) is 0 Å². The maximum absolute atomic E-state index is 13.2. The first-order chi connectivity index (χ1) is 13.6. The molecule has 4 nitrogen and oxygen atoms in total. The molecule has 0 unspecified atom stereocenters. The molecule has 5 heteroatoms. The molecule has 0 aromatic heterocycles. The highest BCUT2D eigenvalue weighted by Gasteiger charge is 2.47. The Morgan fingerprint density at radius 3 is 2.31 bits per heavy atom. The molecule has 1 spiro atoms. The monoisotopic (exact) mass is 416 g/mol. The first kappa shape index (κ1) is 22.2. The number of nitrogens with zero attached hydrogens (tertiary/aromatic N) is 2. The minimum atomic E-state index is -0.143. The van der Waals surface area contributed by atoms with Crippen molar-refractivity contribution in [3.05, 3.63) is 35.4 Å². The summed E-state index contributed by atoms with van der Waals surface area (Å²) in [4.78, 5) is 29.9. The number of benzene rings is 1. The van der Waals surface area contributed by atoms with Crippen LogP contribution in [0.15, 0.2) is 24.3 Å². The lowest BCUT2D eigenvalue weighted by Crippen LogP contribution is -2.53. The topological polar surface area (TPSA) is 40.6 Å². The van der Waals surface area contributed by atoms with Crippen LogP contribution in [0.4, 0.5) is 0 Å². The van der Waals surface area contributed by atoms with Gasteiger partial charge >= 0.3 is 0 Å². The Hall–Kier alpha value is -1.49. The summed E-state index contributed by atoms with van der Waals surface area (Å²) in [6.45, 7) is 13.2. The van der Waals surface area contributed by atoms with Crippen LogP contribution in [0.2, 0.25) is 0 Å². The van der Waals surface area contributed by atoms with Gasteiger partial charge in [-0.05, 0) is 49.7 Å². The summed E-state index contributed by atoms with van der Waals surface area (Å²) in [5, 5.41) is 0. The molecule has 3 rings (SSSR count). The van der Waals surface area contributed by atoms with Gasteiger partial charge in [-0.15, -0.1) is 11.8 Å². The molecule has 1 aromatic rings. The molecule has 160 valence electrons. The van der Waals surface area contributed by atoms with Gasteiger partial charge in [0.2, 0.25) is 5.91 Å². The van der Waals surface area contributed by atoms with Gasteiger partial charge in [-0.25, -0.2) is 0 Å². The lowest BCUT2D eigenvalue weighted by atomic mass is 9.84. The van der Waals surface area contributed by atoms with Gasteiger partial charge in [0.1, 0.15) is 0 Å². The Kier molecular flexibility index (Phi) is 6.67. The third-order valence-electron chi connectivity index (χ3n) is 6.10. The molecule has 2 aliphatic heterocycles. The van der Waals surface area contributed by atoms with Gasteiger partial charge in [0.05, 0.1) is 4.87 Å². The minimum absolute atomic E-state index is 0.133. The smallest absolute Gasteiger partial charge is 0.254 e. The third kappa shape index (κ3) is 5.36. The average Bonchev–Trinajstić information content (AvgIpc) is 3.03. The van der Waals surface area contributed by atoms with Crippen molar-refractivity contribution in [2.75, 3.05) is 25.4 Å². The lowest BCUT2D eigenvalue weighted by Gasteiger charge is -2.44. The van der Waals surface area contributed by atoms with Crippen LogP contribution in [0.5, 0.6) is 0 Å². The SMILES string of the molecule is Cc1ccc(C(=O)N2CCSC23CCN(C(=O)C[C@@H](C)CC(C)(C)C)CC3)cc1. The van der Waals surface area contributed by atoms with E-state index < -0.39 is 0 Å². The van der Waals surface area contributed by atoms with Gasteiger partial charge in [-0.3, -0.25) is 9.59 Å². The van der Waals surface area contributed by atoms with Crippen molar-refractivity contribution in [2.45, 2.75) is 65.2 Å². The number of rotatable bonds is 4. The molecule has 2 amide bonds. The van der Waals surface area contributed by atoms with E-state index in [1.54, 1.807) is 0 Å². The van der Waals surface area contributed by atoms with Gasteiger partial charge in [0, 0.05) is 37.4 Å². The van der Waals surface area contributed by atoms with E-state index in [9.17, 15) is 9.59 Å². The van der Waals surface area contributed by atoms with Crippen molar-refractivity contribution in [3.8, 4) is 0 Å². The quantitative estimate of drug-likeness (QED) is 0.696. The van der Waals surface area contributed by atoms with E-state index in [0.717, 1.165) is 50.2 Å². The van der Waals surface area contributed by atoms with Crippen LogP contribution in [-0.4, -0.2) is 51.9 Å². The fraction of sp³-hybridized carbons (Fsp3) is 0.667. The number of aryl methyl sites for hydroxylation is 1. The molecule has 2 saturated heterocycles. The van der Waals surface area contributed by atoms with Crippen LogP contribution in [-0.2, 0) is 4.79 Å². The Bertz CT molecular complexity index is 730. The Morgan fingerprint density at radius 1 is 1.10 bits per heavy atom. The van der Waals surface area contributed by atoms with Gasteiger partial charge < -0.3 is 9.80 Å². The molecule has 0 N–H and O–H groups in total. The van der Waals surface area contributed by atoms with E-state index in [0.29, 0.717) is 12.3 Å². The van der Waals surface area contributed by atoms with Gasteiger partial charge in [-0.1, -0.05) is 45.4 Å². The van der Waals surface area contributed by atoms with Gasteiger partial charge in [0.25, 0.3) is 5.91 Å². The normalized spacial score (nSPS) is 20.2. The van der Waals surface area contributed by atoms with E-state index >= 15 is 0 Å². The Morgan fingerprint density at radius 2 is 1.72 bits per heavy atom. The summed E-state index contributed by atoms with van der Waals surface area (Å²) in [5.74, 6) is 1.79. The standard InChI is InChI=1S/C24H36N2O2S/c1-18-6-8-20(9-7-18)22(28)26-14-15-29-24(26)10-12-25(13-11-24)21(27)16-19(2)17-23(3,4)5/h6-9,19H,10-17H2,1-5H3/t19-/m1/s1. The van der Waals surface area contributed by atoms with Crippen LogP contribution < -0.4 is 0 Å². The van der Waals surface area contributed by atoms with E-state index in [2.05, 4.69) is 32.6 Å². The Labute approximate surface area is 180 Å². The molecule has 0 bridgehead atoms. The van der Waals surface area contributed by atoms with E-state index in [1.165, 1.54) is 5.56 Å². The zero-order chi connectivity index (χ0) is 21.2. The predicted molar refractivity (Wildman–Crippen MR) is 121 cm³/mol. The van der Waals surface area contributed by atoms with Gasteiger partial charge in [-0.2, -0.15) is 0 Å². The zero-order valence-electron chi connectivity index (χ0n) is 18.7. The molecule has 0 saturated carbocycles. The van der Waals surface area contributed by atoms with Crippen LogP contribution >= 0.6 is 11.8 Å². The fourth-order valence-electron chi connectivity index (χ4n) is 4.81. The van der Waals surface area contributed by atoms with Crippen LogP contribution in [0.3, 0.4) is 0 Å². The van der Waals surface area contributed by atoms with Crippen molar-refractivity contribution in [1.82, 2.24) is 9.80 Å². The van der Waals surface area contributed by atoms with E-state index in [1.807, 2.05) is 47.9 Å². The predicted octanol–water partition coefficient (Wildman–Crippen LogP) is 4.97. The fourth-order valence-corrected chi connectivity index (χ4v) is 6.27. The number of carbonyl (C=O) groups is 2.